The Balaban J connectivity index is 5.13. The normalized spacial score (nSPS) is 14.1. The van der Waals surface area contributed by atoms with E-state index in [1.807, 2.05) is 50.3 Å². The molecule has 0 aromatic heterocycles. The Kier molecular flexibility index (Phi) is 8.52. The van der Waals surface area contributed by atoms with Crippen LogP contribution in [0.1, 0.15) is 13.8 Å². The largest absolute Gasteiger partial charge is 0.257 e. The van der Waals surface area contributed by atoms with Gasteiger partial charge in [-0.05, 0) is 25.5 Å². The van der Waals surface area contributed by atoms with Gasteiger partial charge in [-0.15, -0.1) is 0 Å². The highest BCUT2D eigenvalue weighted by Gasteiger charge is 1.96. The van der Waals surface area contributed by atoms with E-state index >= 15 is 0 Å². The molecule has 0 aliphatic rings. The fourth-order valence-corrected chi connectivity index (χ4v) is 1.02. The molecule has 0 unspecified atom stereocenters. The lowest BCUT2D eigenvalue weighted by Gasteiger charge is -1.99. The quantitative estimate of drug-likeness (QED) is 0.458. The topological polar surface area (TPSA) is 12.4 Å². The van der Waals surface area contributed by atoms with E-state index in [4.69, 9.17) is 0 Å². The minimum absolute atomic E-state index is 0.893. The van der Waals surface area contributed by atoms with Gasteiger partial charge in [-0.25, -0.2) is 0 Å². The Labute approximate surface area is 98.6 Å². The standard InChI is InChI=1S/C15H19N/c1-5-9-10-12-14(8-4)15(11-6-2)16-13-7-3/h5-13H,1,4H2,2-3H3/b10-9-,11-6-,13-7-,14-12+,16-15+. The minimum atomic E-state index is 0.893. The van der Waals surface area contributed by atoms with E-state index in [0.29, 0.717) is 0 Å². The number of nitrogens with zero attached hydrogens (tertiary/aromatic N) is 1. The summed E-state index contributed by atoms with van der Waals surface area (Å²) in [5.74, 6) is 0. The molecule has 0 amide bonds. The van der Waals surface area contributed by atoms with Crippen molar-refractivity contribution in [2.75, 3.05) is 0 Å². The third-order valence-electron chi connectivity index (χ3n) is 1.73. The van der Waals surface area contributed by atoms with Crippen molar-refractivity contribution in [3.8, 4) is 0 Å². The van der Waals surface area contributed by atoms with Crippen LogP contribution in [0.4, 0.5) is 0 Å². The summed E-state index contributed by atoms with van der Waals surface area (Å²) in [4.78, 5) is 4.33. The maximum atomic E-state index is 4.33. The van der Waals surface area contributed by atoms with E-state index in [1.54, 1.807) is 18.4 Å². The lowest BCUT2D eigenvalue weighted by molar-refractivity contribution is 1.51. The molecule has 0 aliphatic carbocycles. The summed E-state index contributed by atoms with van der Waals surface area (Å²) in [5.41, 5.74) is 1.87. The summed E-state index contributed by atoms with van der Waals surface area (Å²) in [7, 11) is 0. The fourth-order valence-electron chi connectivity index (χ4n) is 1.02. The van der Waals surface area contributed by atoms with Crippen LogP contribution in [0.25, 0.3) is 0 Å². The summed E-state index contributed by atoms with van der Waals surface area (Å²) in [5, 5.41) is 0. The van der Waals surface area contributed by atoms with Gasteiger partial charge in [0.2, 0.25) is 0 Å². The number of allylic oxidation sites excluding steroid dienone is 9. The first-order chi connectivity index (χ1) is 7.79. The van der Waals surface area contributed by atoms with Crippen molar-refractivity contribution >= 4 is 5.71 Å². The number of hydrogen-bond acceptors (Lipinski definition) is 1. The van der Waals surface area contributed by atoms with Gasteiger partial charge in [0.25, 0.3) is 0 Å². The van der Waals surface area contributed by atoms with E-state index in [-0.39, 0.29) is 0 Å². The van der Waals surface area contributed by atoms with Gasteiger partial charge in [0.15, 0.2) is 0 Å². The van der Waals surface area contributed by atoms with Crippen LogP contribution in [-0.4, -0.2) is 5.71 Å². The predicted molar refractivity (Wildman–Crippen MR) is 74.7 cm³/mol. The zero-order chi connectivity index (χ0) is 12.2. The summed E-state index contributed by atoms with van der Waals surface area (Å²) >= 11 is 0. The van der Waals surface area contributed by atoms with Crippen LogP contribution in [-0.2, 0) is 0 Å². The molecule has 0 aromatic carbocycles. The molecule has 0 aliphatic heterocycles. The van der Waals surface area contributed by atoms with Crippen molar-refractivity contribution in [3.63, 3.8) is 0 Å². The zero-order valence-electron chi connectivity index (χ0n) is 10.1. The second kappa shape index (κ2) is 9.66. The van der Waals surface area contributed by atoms with Gasteiger partial charge in [-0.2, -0.15) is 0 Å². The van der Waals surface area contributed by atoms with E-state index in [0.717, 1.165) is 11.3 Å². The van der Waals surface area contributed by atoms with Gasteiger partial charge >= 0.3 is 0 Å². The lowest BCUT2D eigenvalue weighted by Crippen LogP contribution is -1.95. The molecule has 0 heterocycles. The predicted octanol–water partition coefficient (Wildman–Crippen LogP) is 4.39. The number of hydrogen-bond donors (Lipinski definition) is 0. The first-order valence-electron chi connectivity index (χ1n) is 5.24. The monoisotopic (exact) mass is 213 g/mol. The Bertz CT molecular complexity index is 363. The number of aliphatic imine (C=N–C) groups is 1. The van der Waals surface area contributed by atoms with Crippen LogP contribution < -0.4 is 0 Å². The smallest absolute Gasteiger partial charge is 0.0698 e. The van der Waals surface area contributed by atoms with Crippen LogP contribution in [0.15, 0.2) is 78.5 Å². The van der Waals surface area contributed by atoms with Gasteiger partial charge < -0.3 is 0 Å². The van der Waals surface area contributed by atoms with Crippen molar-refractivity contribution in [1.29, 1.82) is 0 Å². The van der Waals surface area contributed by atoms with Crippen LogP contribution in [0, 0.1) is 0 Å². The average molecular weight is 213 g/mol. The first-order valence-corrected chi connectivity index (χ1v) is 5.24. The highest BCUT2D eigenvalue weighted by molar-refractivity contribution is 6.10. The van der Waals surface area contributed by atoms with Crippen LogP contribution >= 0.6 is 0 Å². The molecule has 0 radical (unpaired) electrons. The molecule has 1 heteroatoms. The Morgan fingerprint density at radius 1 is 1.06 bits per heavy atom. The summed E-state index contributed by atoms with van der Waals surface area (Å²) in [6, 6.07) is 0. The highest BCUT2D eigenvalue weighted by atomic mass is 14.7. The molecule has 0 N–H and O–H groups in total. The molecule has 0 saturated carbocycles. The minimum Gasteiger partial charge on any atom is -0.257 e. The maximum Gasteiger partial charge on any atom is 0.0698 e. The van der Waals surface area contributed by atoms with Gasteiger partial charge in [-0.1, -0.05) is 55.7 Å². The molecule has 0 fully saturated rings. The van der Waals surface area contributed by atoms with Crippen LogP contribution in [0.2, 0.25) is 0 Å². The lowest BCUT2D eigenvalue weighted by atomic mass is 10.1. The molecule has 0 saturated heterocycles. The summed E-state index contributed by atoms with van der Waals surface area (Å²) in [6.45, 7) is 11.3. The molecule has 0 aromatic rings. The molecule has 84 valence electrons. The number of rotatable bonds is 6. The summed E-state index contributed by atoms with van der Waals surface area (Å²) < 4.78 is 0. The second-order valence-electron chi connectivity index (χ2n) is 2.94. The fraction of sp³-hybridized carbons (Fsp3) is 0.133. The van der Waals surface area contributed by atoms with Crippen LogP contribution in [0.5, 0.6) is 0 Å². The van der Waals surface area contributed by atoms with E-state index in [2.05, 4.69) is 18.2 Å². The zero-order valence-corrected chi connectivity index (χ0v) is 10.1. The third kappa shape index (κ3) is 5.76. The van der Waals surface area contributed by atoms with Gasteiger partial charge in [0.1, 0.15) is 0 Å². The van der Waals surface area contributed by atoms with Crippen molar-refractivity contribution < 1.29 is 0 Å². The highest BCUT2D eigenvalue weighted by Crippen LogP contribution is 2.03. The van der Waals surface area contributed by atoms with Crippen molar-refractivity contribution in [1.82, 2.24) is 0 Å². The third-order valence-corrected chi connectivity index (χ3v) is 1.73. The molecular formula is C15H19N. The maximum absolute atomic E-state index is 4.33. The summed E-state index contributed by atoms with van der Waals surface area (Å²) in [6.07, 6.45) is 16.8. The van der Waals surface area contributed by atoms with E-state index < -0.39 is 0 Å². The van der Waals surface area contributed by atoms with E-state index in [9.17, 15) is 0 Å². The average Bonchev–Trinajstić information content (AvgIpc) is 2.31. The van der Waals surface area contributed by atoms with Crippen LogP contribution in [0.3, 0.4) is 0 Å². The first kappa shape index (κ1) is 14.1. The molecule has 0 rings (SSSR count). The Morgan fingerprint density at radius 2 is 1.81 bits per heavy atom. The molecule has 0 spiro atoms. The molecule has 0 bridgehead atoms. The van der Waals surface area contributed by atoms with Crippen molar-refractivity contribution in [2.24, 2.45) is 4.99 Å². The molecule has 16 heavy (non-hydrogen) atoms. The van der Waals surface area contributed by atoms with Crippen molar-refractivity contribution in [2.45, 2.75) is 13.8 Å². The molecular weight excluding hydrogens is 194 g/mol. The van der Waals surface area contributed by atoms with Gasteiger partial charge in [0, 0.05) is 6.20 Å². The van der Waals surface area contributed by atoms with Gasteiger partial charge in [0.05, 0.1) is 5.71 Å². The van der Waals surface area contributed by atoms with E-state index in [1.165, 1.54) is 0 Å². The van der Waals surface area contributed by atoms with Gasteiger partial charge in [-0.3, -0.25) is 4.99 Å². The Morgan fingerprint density at radius 3 is 2.31 bits per heavy atom. The Hall–Kier alpha value is -1.89. The van der Waals surface area contributed by atoms with Crippen molar-refractivity contribution in [3.05, 3.63) is 73.5 Å². The SMILES string of the molecule is C=C/C=C\C=C(/C=C)C(/C=C\C)=N/C=C\C. The molecule has 0 atom stereocenters. The molecule has 1 nitrogen and oxygen atoms in total. The second-order valence-corrected chi connectivity index (χ2v) is 2.94.